The summed E-state index contributed by atoms with van der Waals surface area (Å²) in [5, 5.41) is 10.9. The van der Waals surface area contributed by atoms with Crippen molar-refractivity contribution in [1.82, 2.24) is 14.8 Å². The summed E-state index contributed by atoms with van der Waals surface area (Å²) >= 11 is 1.63. The molecule has 18 heavy (non-hydrogen) atoms. The number of anilines is 2. The standard InChI is InChI=1S/C12H19N5S/c1-7(2)17-11(10(13)8(3)16-17)15-9(4)12-14-5-6-18-12/h5-7,9,15H,13H2,1-4H3. The van der Waals surface area contributed by atoms with Crippen LogP contribution in [0.15, 0.2) is 11.6 Å². The summed E-state index contributed by atoms with van der Waals surface area (Å²) in [6, 6.07) is 0.396. The van der Waals surface area contributed by atoms with Gasteiger partial charge in [-0.15, -0.1) is 11.3 Å². The maximum atomic E-state index is 6.08. The first kappa shape index (κ1) is 12.9. The molecule has 0 saturated carbocycles. The monoisotopic (exact) mass is 265 g/mol. The number of aryl methyl sites for hydroxylation is 1. The van der Waals surface area contributed by atoms with Crippen molar-refractivity contribution in [2.75, 3.05) is 11.1 Å². The van der Waals surface area contributed by atoms with E-state index in [0.29, 0.717) is 5.69 Å². The van der Waals surface area contributed by atoms with Crippen LogP contribution in [0.4, 0.5) is 11.5 Å². The minimum atomic E-state index is 0.126. The molecule has 0 amide bonds. The molecule has 2 aromatic rings. The van der Waals surface area contributed by atoms with Crippen LogP contribution in [0.3, 0.4) is 0 Å². The van der Waals surface area contributed by atoms with E-state index in [4.69, 9.17) is 5.73 Å². The van der Waals surface area contributed by atoms with Gasteiger partial charge in [-0.05, 0) is 27.7 Å². The van der Waals surface area contributed by atoms with Gasteiger partial charge in [0.25, 0.3) is 0 Å². The Bertz CT molecular complexity index is 515. The highest BCUT2D eigenvalue weighted by molar-refractivity contribution is 7.09. The highest BCUT2D eigenvalue weighted by atomic mass is 32.1. The predicted octanol–water partition coefficient (Wildman–Crippen LogP) is 2.98. The van der Waals surface area contributed by atoms with E-state index in [1.807, 2.05) is 23.2 Å². The molecule has 1 unspecified atom stereocenters. The molecular weight excluding hydrogens is 246 g/mol. The topological polar surface area (TPSA) is 68.8 Å². The first-order valence-corrected chi connectivity index (χ1v) is 6.89. The largest absolute Gasteiger partial charge is 0.394 e. The van der Waals surface area contributed by atoms with Gasteiger partial charge in [0.2, 0.25) is 0 Å². The Kier molecular flexibility index (Phi) is 3.56. The Labute approximate surface area is 111 Å². The van der Waals surface area contributed by atoms with Gasteiger partial charge in [-0.2, -0.15) is 5.10 Å². The third-order valence-electron chi connectivity index (χ3n) is 2.80. The van der Waals surface area contributed by atoms with Crippen molar-refractivity contribution in [2.24, 2.45) is 0 Å². The normalized spacial score (nSPS) is 12.9. The van der Waals surface area contributed by atoms with E-state index in [9.17, 15) is 0 Å². The second-order valence-corrected chi connectivity index (χ2v) is 5.55. The van der Waals surface area contributed by atoms with Gasteiger partial charge in [-0.1, -0.05) is 0 Å². The van der Waals surface area contributed by atoms with Gasteiger partial charge in [0, 0.05) is 17.6 Å². The van der Waals surface area contributed by atoms with Crippen LogP contribution in [0.2, 0.25) is 0 Å². The summed E-state index contributed by atoms with van der Waals surface area (Å²) < 4.78 is 1.93. The molecule has 0 aliphatic rings. The number of nitrogens with one attached hydrogen (secondary N) is 1. The zero-order chi connectivity index (χ0) is 13.3. The summed E-state index contributed by atoms with van der Waals surface area (Å²) in [5.41, 5.74) is 7.65. The number of hydrogen-bond acceptors (Lipinski definition) is 5. The van der Waals surface area contributed by atoms with Gasteiger partial charge in [0.1, 0.15) is 10.8 Å². The summed E-state index contributed by atoms with van der Waals surface area (Å²) in [6.07, 6.45) is 1.81. The molecule has 5 nitrogen and oxygen atoms in total. The Morgan fingerprint density at radius 1 is 1.39 bits per heavy atom. The second kappa shape index (κ2) is 4.97. The number of hydrogen-bond donors (Lipinski definition) is 2. The smallest absolute Gasteiger partial charge is 0.148 e. The number of thiazole rings is 1. The fourth-order valence-corrected chi connectivity index (χ4v) is 2.44. The fourth-order valence-electron chi connectivity index (χ4n) is 1.79. The third kappa shape index (κ3) is 2.33. The van der Waals surface area contributed by atoms with Gasteiger partial charge in [0.15, 0.2) is 0 Å². The summed E-state index contributed by atoms with van der Waals surface area (Å²) in [4.78, 5) is 4.31. The van der Waals surface area contributed by atoms with Crippen LogP contribution in [0.25, 0.3) is 0 Å². The number of aromatic nitrogens is 3. The molecular formula is C12H19N5S. The Morgan fingerprint density at radius 3 is 2.67 bits per heavy atom. The van der Waals surface area contributed by atoms with Crippen LogP contribution in [0.1, 0.15) is 43.6 Å². The molecule has 3 N–H and O–H groups in total. The lowest BCUT2D eigenvalue weighted by Crippen LogP contribution is -2.14. The summed E-state index contributed by atoms with van der Waals surface area (Å²) in [6.45, 7) is 8.18. The molecule has 2 rings (SSSR count). The van der Waals surface area contributed by atoms with Crippen molar-refractivity contribution < 1.29 is 0 Å². The molecule has 0 aliphatic carbocycles. The number of rotatable bonds is 4. The lowest BCUT2D eigenvalue weighted by molar-refractivity contribution is 0.532. The van der Waals surface area contributed by atoms with Crippen LogP contribution in [0.5, 0.6) is 0 Å². The minimum absolute atomic E-state index is 0.126. The van der Waals surface area contributed by atoms with Gasteiger partial charge in [-0.25, -0.2) is 9.67 Å². The molecule has 0 aliphatic heterocycles. The Balaban J connectivity index is 2.28. The van der Waals surface area contributed by atoms with E-state index in [1.165, 1.54) is 0 Å². The van der Waals surface area contributed by atoms with Gasteiger partial charge >= 0.3 is 0 Å². The van der Waals surface area contributed by atoms with E-state index < -0.39 is 0 Å². The molecule has 0 radical (unpaired) electrons. The third-order valence-corrected chi connectivity index (χ3v) is 3.75. The van der Waals surface area contributed by atoms with Crippen molar-refractivity contribution in [3.05, 3.63) is 22.3 Å². The maximum absolute atomic E-state index is 6.08. The number of nitrogen functional groups attached to an aromatic ring is 1. The van der Waals surface area contributed by atoms with Gasteiger partial charge < -0.3 is 11.1 Å². The van der Waals surface area contributed by atoms with E-state index >= 15 is 0 Å². The summed E-state index contributed by atoms with van der Waals surface area (Å²) in [7, 11) is 0. The molecule has 0 bridgehead atoms. The molecule has 98 valence electrons. The van der Waals surface area contributed by atoms with Crippen LogP contribution >= 0.6 is 11.3 Å². The molecule has 0 fully saturated rings. The zero-order valence-corrected chi connectivity index (χ0v) is 12.0. The van der Waals surface area contributed by atoms with Crippen LogP contribution in [-0.4, -0.2) is 14.8 Å². The van der Waals surface area contributed by atoms with E-state index in [-0.39, 0.29) is 12.1 Å². The van der Waals surface area contributed by atoms with Crippen molar-refractivity contribution >= 4 is 22.8 Å². The molecule has 1 atom stereocenters. The van der Waals surface area contributed by atoms with Crippen molar-refractivity contribution in [3.63, 3.8) is 0 Å². The van der Waals surface area contributed by atoms with Crippen LogP contribution in [0, 0.1) is 6.92 Å². The van der Waals surface area contributed by atoms with Crippen LogP contribution in [-0.2, 0) is 0 Å². The fraction of sp³-hybridized carbons (Fsp3) is 0.500. The summed E-state index contributed by atoms with van der Waals surface area (Å²) in [5.74, 6) is 0.880. The van der Waals surface area contributed by atoms with E-state index in [1.54, 1.807) is 11.3 Å². The maximum Gasteiger partial charge on any atom is 0.148 e. The van der Waals surface area contributed by atoms with Crippen molar-refractivity contribution in [1.29, 1.82) is 0 Å². The lowest BCUT2D eigenvalue weighted by atomic mass is 10.3. The number of nitrogens with zero attached hydrogens (tertiary/aromatic N) is 3. The quantitative estimate of drug-likeness (QED) is 0.891. The van der Waals surface area contributed by atoms with Crippen molar-refractivity contribution in [3.8, 4) is 0 Å². The SMILES string of the molecule is Cc1nn(C(C)C)c(NC(C)c2nccs2)c1N. The van der Waals surface area contributed by atoms with Crippen molar-refractivity contribution in [2.45, 2.75) is 39.8 Å². The van der Waals surface area contributed by atoms with E-state index in [0.717, 1.165) is 16.5 Å². The molecule has 0 aromatic carbocycles. The molecule has 0 saturated heterocycles. The molecule has 6 heteroatoms. The molecule has 0 spiro atoms. The number of nitrogens with two attached hydrogens (primary N) is 1. The molecule has 2 aromatic heterocycles. The lowest BCUT2D eigenvalue weighted by Gasteiger charge is -2.17. The zero-order valence-electron chi connectivity index (χ0n) is 11.1. The van der Waals surface area contributed by atoms with E-state index in [2.05, 4.69) is 36.2 Å². The Morgan fingerprint density at radius 2 is 2.11 bits per heavy atom. The highest BCUT2D eigenvalue weighted by Gasteiger charge is 2.17. The Hall–Kier alpha value is -1.56. The average molecular weight is 265 g/mol. The first-order valence-electron chi connectivity index (χ1n) is 6.01. The predicted molar refractivity (Wildman–Crippen MR) is 75.9 cm³/mol. The average Bonchev–Trinajstić information content (AvgIpc) is 2.92. The first-order chi connectivity index (χ1) is 8.50. The molecule has 2 heterocycles. The van der Waals surface area contributed by atoms with Crippen LogP contribution < -0.4 is 11.1 Å². The minimum Gasteiger partial charge on any atom is -0.394 e. The highest BCUT2D eigenvalue weighted by Crippen LogP contribution is 2.29. The van der Waals surface area contributed by atoms with Gasteiger partial charge in [-0.3, -0.25) is 0 Å². The van der Waals surface area contributed by atoms with Gasteiger partial charge in [0.05, 0.1) is 17.4 Å². The second-order valence-electron chi connectivity index (χ2n) is 4.62.